The first-order valence-corrected chi connectivity index (χ1v) is 11.5. The molecule has 0 saturated carbocycles. The molecule has 4 rings (SSSR count). The zero-order chi connectivity index (χ0) is 21.1. The maximum absolute atomic E-state index is 9.84. The van der Waals surface area contributed by atoms with Gasteiger partial charge in [0.2, 0.25) is 0 Å². The summed E-state index contributed by atoms with van der Waals surface area (Å²) in [6.07, 6.45) is 3.35. The maximum atomic E-state index is 9.84. The molecule has 0 amide bonds. The highest BCUT2D eigenvalue weighted by Gasteiger charge is 2.21. The average Bonchev–Trinajstić information content (AvgIpc) is 2.77. The van der Waals surface area contributed by atoms with Crippen LogP contribution in [0.2, 0.25) is 5.02 Å². The van der Waals surface area contributed by atoms with Gasteiger partial charge in [0.25, 0.3) is 0 Å². The molecule has 2 aromatic carbocycles. The third-order valence-electron chi connectivity index (χ3n) is 5.41. The van der Waals surface area contributed by atoms with E-state index in [1.807, 2.05) is 18.2 Å². The topological polar surface area (TPSA) is 70.5 Å². The summed E-state index contributed by atoms with van der Waals surface area (Å²) in [6.45, 7) is 2.14. The largest absolute Gasteiger partial charge is 0.495 e. The third-order valence-corrected chi connectivity index (χ3v) is 6.43. The number of aliphatic hydroxyl groups is 1. The Morgan fingerprint density at radius 3 is 2.61 bits per heavy atom. The minimum Gasteiger partial charge on any atom is -0.495 e. The van der Waals surface area contributed by atoms with Crippen molar-refractivity contribution in [3.8, 4) is 5.75 Å². The first-order valence-electron chi connectivity index (χ1n) is 9.92. The molecule has 2 N–H and O–H groups in total. The van der Waals surface area contributed by atoms with Crippen LogP contribution in [0.3, 0.4) is 0 Å². The molecule has 31 heavy (non-hydrogen) atoms. The van der Waals surface area contributed by atoms with Gasteiger partial charge in [0.15, 0.2) is 11.6 Å². The number of halogens is 2. The third kappa shape index (κ3) is 5.29. The minimum absolute atomic E-state index is 0. The minimum atomic E-state index is -0.221. The number of anilines is 2. The monoisotopic (exact) mass is 480 g/mol. The Balaban J connectivity index is 0.00000272. The van der Waals surface area contributed by atoms with Crippen LogP contribution in [0.5, 0.6) is 5.75 Å². The van der Waals surface area contributed by atoms with Gasteiger partial charge in [-0.15, -0.1) is 34.4 Å². The average molecular weight is 481 g/mol. The SMILES string of the molecule is COc1ccc(CNc2nnc(N3CCC(O)CC3)c3ccc(SC)cc23)cc1Cl.Cl. The highest BCUT2D eigenvalue weighted by molar-refractivity contribution is 7.98. The van der Waals surface area contributed by atoms with Crippen LogP contribution >= 0.6 is 35.8 Å². The summed E-state index contributed by atoms with van der Waals surface area (Å²) in [7, 11) is 1.61. The quantitative estimate of drug-likeness (QED) is 0.480. The van der Waals surface area contributed by atoms with Crippen molar-refractivity contribution in [3.05, 3.63) is 47.0 Å². The van der Waals surface area contributed by atoms with Crippen LogP contribution in [0.4, 0.5) is 11.6 Å². The maximum Gasteiger partial charge on any atom is 0.159 e. The molecule has 1 aliphatic rings. The van der Waals surface area contributed by atoms with Gasteiger partial charge >= 0.3 is 0 Å². The van der Waals surface area contributed by atoms with Crippen molar-refractivity contribution in [1.29, 1.82) is 0 Å². The van der Waals surface area contributed by atoms with Gasteiger partial charge in [0.1, 0.15) is 5.75 Å². The molecular weight excluding hydrogens is 455 g/mol. The van der Waals surface area contributed by atoms with E-state index in [-0.39, 0.29) is 18.5 Å². The van der Waals surface area contributed by atoms with Gasteiger partial charge in [-0.1, -0.05) is 17.7 Å². The normalized spacial score (nSPS) is 14.4. The molecule has 1 aliphatic heterocycles. The summed E-state index contributed by atoms with van der Waals surface area (Å²) >= 11 is 7.96. The smallest absolute Gasteiger partial charge is 0.159 e. The van der Waals surface area contributed by atoms with Crippen LogP contribution in [0.15, 0.2) is 41.3 Å². The number of hydrogen-bond donors (Lipinski definition) is 2. The molecule has 0 atom stereocenters. The first kappa shape index (κ1) is 23.7. The molecule has 0 bridgehead atoms. The zero-order valence-electron chi connectivity index (χ0n) is 17.5. The van der Waals surface area contributed by atoms with E-state index in [0.717, 1.165) is 53.9 Å². The molecule has 6 nitrogen and oxygen atoms in total. The molecule has 1 aromatic heterocycles. The number of thioether (sulfide) groups is 1. The number of nitrogens with zero attached hydrogens (tertiary/aromatic N) is 3. The summed E-state index contributed by atoms with van der Waals surface area (Å²) in [6, 6.07) is 12.1. The van der Waals surface area contributed by atoms with Crippen molar-refractivity contribution in [2.24, 2.45) is 0 Å². The molecule has 1 fully saturated rings. The predicted molar refractivity (Wildman–Crippen MR) is 131 cm³/mol. The number of ether oxygens (including phenoxy) is 1. The Labute approximate surface area is 197 Å². The van der Waals surface area contributed by atoms with E-state index in [1.54, 1.807) is 18.9 Å². The lowest BCUT2D eigenvalue weighted by Gasteiger charge is -2.31. The van der Waals surface area contributed by atoms with Crippen LogP contribution in [0, 0.1) is 0 Å². The Hall–Kier alpha value is -1.93. The molecule has 3 aromatic rings. The van der Waals surface area contributed by atoms with E-state index >= 15 is 0 Å². The molecule has 2 heterocycles. The van der Waals surface area contributed by atoms with E-state index in [1.165, 1.54) is 4.90 Å². The second kappa shape index (κ2) is 10.6. The lowest BCUT2D eigenvalue weighted by atomic mass is 10.1. The van der Waals surface area contributed by atoms with E-state index in [2.05, 4.69) is 44.9 Å². The Kier molecular flexibility index (Phi) is 8.11. The molecule has 166 valence electrons. The van der Waals surface area contributed by atoms with E-state index in [9.17, 15) is 5.11 Å². The summed E-state index contributed by atoms with van der Waals surface area (Å²) in [5.74, 6) is 2.28. The van der Waals surface area contributed by atoms with Crippen LogP contribution in [0.25, 0.3) is 10.8 Å². The van der Waals surface area contributed by atoms with Crippen LogP contribution in [-0.4, -0.2) is 47.9 Å². The van der Waals surface area contributed by atoms with Gasteiger partial charge in [0, 0.05) is 35.3 Å². The van der Waals surface area contributed by atoms with Crippen LogP contribution in [-0.2, 0) is 6.54 Å². The molecule has 1 saturated heterocycles. The number of aliphatic hydroxyl groups excluding tert-OH is 1. The Morgan fingerprint density at radius 2 is 1.94 bits per heavy atom. The Bertz CT molecular complexity index is 1050. The number of benzene rings is 2. The highest BCUT2D eigenvalue weighted by atomic mass is 35.5. The summed E-state index contributed by atoms with van der Waals surface area (Å²) in [5.41, 5.74) is 1.03. The van der Waals surface area contributed by atoms with Crippen molar-refractivity contribution >= 4 is 58.2 Å². The standard InChI is InChI=1S/C22H25ClN4O2S.ClH/c1-29-20-6-3-14(11-19(20)23)13-24-21-18-12-16(30-2)4-5-17(18)22(26-25-21)27-9-7-15(28)8-10-27;/h3-6,11-12,15,28H,7-10,13H2,1-2H3,(H,24,25);1H. The summed E-state index contributed by atoms with van der Waals surface area (Å²) in [5, 5.41) is 25.0. The number of rotatable bonds is 6. The molecule has 0 aliphatic carbocycles. The summed E-state index contributed by atoms with van der Waals surface area (Å²) < 4.78 is 5.23. The second-order valence-corrected chi connectivity index (χ2v) is 8.61. The lowest BCUT2D eigenvalue weighted by Crippen LogP contribution is -2.36. The zero-order valence-corrected chi connectivity index (χ0v) is 19.9. The molecular formula is C22H26Cl2N4O2S. The Morgan fingerprint density at radius 1 is 1.16 bits per heavy atom. The first-order chi connectivity index (χ1) is 14.6. The predicted octanol–water partition coefficient (Wildman–Crippen LogP) is 5.01. The van der Waals surface area contributed by atoms with Gasteiger partial charge in [-0.25, -0.2) is 0 Å². The number of nitrogens with one attached hydrogen (secondary N) is 1. The van der Waals surface area contributed by atoms with Crippen LogP contribution < -0.4 is 15.0 Å². The fourth-order valence-corrected chi connectivity index (χ4v) is 4.41. The second-order valence-electron chi connectivity index (χ2n) is 7.32. The van der Waals surface area contributed by atoms with Crippen molar-refractivity contribution in [2.45, 2.75) is 30.4 Å². The van der Waals surface area contributed by atoms with Crippen molar-refractivity contribution in [3.63, 3.8) is 0 Å². The van der Waals surface area contributed by atoms with Crippen molar-refractivity contribution in [2.75, 3.05) is 36.7 Å². The van der Waals surface area contributed by atoms with Gasteiger partial charge in [-0.3, -0.25) is 0 Å². The number of fused-ring (bicyclic) bond motifs is 1. The number of aromatic nitrogens is 2. The van der Waals surface area contributed by atoms with Gasteiger partial charge in [-0.2, -0.15) is 0 Å². The fourth-order valence-electron chi connectivity index (χ4n) is 3.69. The van der Waals surface area contributed by atoms with E-state index in [4.69, 9.17) is 16.3 Å². The van der Waals surface area contributed by atoms with Crippen molar-refractivity contribution in [1.82, 2.24) is 10.2 Å². The molecule has 0 radical (unpaired) electrons. The number of hydrogen-bond acceptors (Lipinski definition) is 7. The number of methoxy groups -OCH3 is 1. The molecule has 0 unspecified atom stereocenters. The summed E-state index contributed by atoms with van der Waals surface area (Å²) in [4.78, 5) is 3.39. The fraction of sp³-hybridized carbons (Fsp3) is 0.364. The van der Waals surface area contributed by atoms with Gasteiger partial charge in [0.05, 0.1) is 18.2 Å². The van der Waals surface area contributed by atoms with E-state index < -0.39 is 0 Å². The van der Waals surface area contributed by atoms with Gasteiger partial charge in [-0.05, 0) is 55.0 Å². The van der Waals surface area contributed by atoms with Gasteiger partial charge < -0.3 is 20.1 Å². The van der Waals surface area contributed by atoms with Crippen LogP contribution in [0.1, 0.15) is 18.4 Å². The van der Waals surface area contributed by atoms with E-state index in [0.29, 0.717) is 17.3 Å². The van der Waals surface area contributed by atoms with Crippen molar-refractivity contribution < 1.29 is 9.84 Å². The number of piperidine rings is 1. The molecule has 0 spiro atoms. The molecule has 9 heteroatoms. The highest BCUT2D eigenvalue weighted by Crippen LogP contribution is 2.33. The lowest BCUT2D eigenvalue weighted by molar-refractivity contribution is 0.145.